The maximum atomic E-state index is 13.3. The Labute approximate surface area is 224 Å². The van der Waals surface area contributed by atoms with E-state index in [-0.39, 0.29) is 24.0 Å². The quantitative estimate of drug-likeness (QED) is 0.0587. The summed E-state index contributed by atoms with van der Waals surface area (Å²) in [5, 5.41) is 26.3. The van der Waals surface area contributed by atoms with E-state index >= 15 is 0 Å². The molecule has 0 bridgehead atoms. The smallest absolute Gasteiger partial charge is 0.269 e. The number of benzene rings is 1. The minimum absolute atomic E-state index is 0.101. The molecule has 2 atom stereocenters. The number of nitrogens with zero attached hydrogens (tertiary/aromatic N) is 1. The number of phenols is 1. The zero-order valence-electron chi connectivity index (χ0n) is 22.5. The van der Waals surface area contributed by atoms with Gasteiger partial charge in [-0.05, 0) is 49.5 Å². The van der Waals surface area contributed by atoms with Gasteiger partial charge in [0.05, 0.1) is 7.11 Å². The predicted octanol–water partition coefficient (Wildman–Crippen LogP) is 1.88. The van der Waals surface area contributed by atoms with Crippen molar-refractivity contribution in [3.05, 3.63) is 54.1 Å². The topological polar surface area (TPSA) is 170 Å². The predicted molar refractivity (Wildman–Crippen MR) is 147 cm³/mol. The van der Waals surface area contributed by atoms with Crippen molar-refractivity contribution in [1.82, 2.24) is 21.0 Å². The number of likely N-dealkylation sites (N-methyl/N-ethyl adjacent to an activating group) is 1. The number of guanidine groups is 1. The molecule has 0 aliphatic heterocycles. The first-order valence-corrected chi connectivity index (χ1v) is 12.8. The maximum Gasteiger partial charge on any atom is 0.269 e. The largest absolute Gasteiger partial charge is 0.508 e. The van der Waals surface area contributed by atoms with Crippen molar-refractivity contribution in [2.45, 2.75) is 64.0 Å². The summed E-state index contributed by atoms with van der Waals surface area (Å²) in [6, 6.07) is 4.99. The van der Waals surface area contributed by atoms with Crippen LogP contribution in [0.1, 0.15) is 51.0 Å². The lowest BCUT2D eigenvalue weighted by molar-refractivity contribution is -0.162. The molecule has 0 aliphatic rings. The van der Waals surface area contributed by atoms with Crippen LogP contribution in [0, 0.1) is 5.41 Å². The summed E-state index contributed by atoms with van der Waals surface area (Å²) in [6.07, 6.45) is 11.2. The van der Waals surface area contributed by atoms with Gasteiger partial charge < -0.3 is 26.8 Å². The molecule has 0 unspecified atom stereocenters. The number of unbranched alkanes of at least 4 members (excludes halogenated alkanes) is 3. The Kier molecular flexibility index (Phi) is 15.6. The number of nitrogens with two attached hydrogens (primary N) is 1. The molecule has 0 aliphatic carbocycles. The Morgan fingerprint density at radius 2 is 1.84 bits per heavy atom. The van der Waals surface area contributed by atoms with Gasteiger partial charge in [-0.25, -0.2) is 5.06 Å². The highest BCUT2D eigenvalue weighted by atomic mass is 16.7. The molecule has 38 heavy (non-hydrogen) atoms. The molecule has 3 amide bonds. The standard InChI is InChI=1S/C27H42N6O5/c1-4-5-6-7-8-11-24(35)32-23(19-20-12-15-22(34)16-13-20)26(37)31-21(10-9-18-30-27(28)29)14-17-25(36)33(2)38-3/h8,11-17,21,23,34H,4-7,9-10,18-19H2,1-3H3,(H,31,37)(H,32,35)(H4,28,29,30)/b11-8+,17-14+/t21-,23-/m0/s1. The third-order valence-electron chi connectivity index (χ3n) is 5.64. The van der Waals surface area contributed by atoms with Gasteiger partial charge >= 0.3 is 0 Å². The molecule has 7 N–H and O–H groups in total. The van der Waals surface area contributed by atoms with Crippen LogP contribution in [0.3, 0.4) is 0 Å². The first-order chi connectivity index (χ1) is 18.2. The summed E-state index contributed by atoms with van der Waals surface area (Å²) in [6.45, 7) is 2.52. The van der Waals surface area contributed by atoms with Crippen LogP contribution in [0.5, 0.6) is 5.75 Å². The first kappa shape index (κ1) is 32.2. The third-order valence-corrected chi connectivity index (χ3v) is 5.64. The number of carbonyl (C=O) groups excluding carboxylic acids is 3. The second kappa shape index (κ2) is 18.4. The van der Waals surface area contributed by atoms with Gasteiger partial charge in [0.25, 0.3) is 5.91 Å². The SMILES string of the molecule is CCCCC/C=C/C(=O)N[C@@H](Cc1ccc(O)cc1)C(=O)N[C@H](/C=C/C(=O)N(C)OC)CCCNC(=N)N. The summed E-state index contributed by atoms with van der Waals surface area (Å²) >= 11 is 0. The van der Waals surface area contributed by atoms with E-state index in [0.29, 0.717) is 19.4 Å². The second-order valence-corrected chi connectivity index (χ2v) is 8.81. The third kappa shape index (κ3) is 14.0. The number of nitrogens with one attached hydrogen (secondary N) is 4. The van der Waals surface area contributed by atoms with E-state index in [0.717, 1.165) is 36.3 Å². The minimum Gasteiger partial charge on any atom is -0.508 e. The number of aromatic hydroxyl groups is 1. The lowest BCUT2D eigenvalue weighted by Crippen LogP contribution is -2.50. The van der Waals surface area contributed by atoms with Crippen molar-refractivity contribution in [3.8, 4) is 5.75 Å². The van der Waals surface area contributed by atoms with Crippen LogP contribution in [-0.2, 0) is 25.6 Å². The van der Waals surface area contributed by atoms with Gasteiger partial charge in [-0.15, -0.1) is 0 Å². The fraction of sp³-hybridized carbons (Fsp3) is 0.481. The molecule has 1 rings (SSSR count). The van der Waals surface area contributed by atoms with Crippen LogP contribution in [0.25, 0.3) is 0 Å². The van der Waals surface area contributed by atoms with Crippen LogP contribution in [0.4, 0.5) is 0 Å². The second-order valence-electron chi connectivity index (χ2n) is 8.81. The lowest BCUT2D eigenvalue weighted by Gasteiger charge is -2.22. The van der Waals surface area contributed by atoms with Crippen LogP contribution in [0.15, 0.2) is 48.6 Å². The number of amides is 3. The fourth-order valence-electron chi connectivity index (χ4n) is 3.44. The highest BCUT2D eigenvalue weighted by Crippen LogP contribution is 2.12. The zero-order chi connectivity index (χ0) is 28.3. The number of hydrogen-bond donors (Lipinski definition) is 6. The Morgan fingerprint density at radius 1 is 1.13 bits per heavy atom. The Morgan fingerprint density at radius 3 is 2.47 bits per heavy atom. The fourth-order valence-corrected chi connectivity index (χ4v) is 3.44. The van der Waals surface area contributed by atoms with Crippen molar-refractivity contribution >= 4 is 23.7 Å². The van der Waals surface area contributed by atoms with Crippen molar-refractivity contribution in [1.29, 1.82) is 5.41 Å². The van der Waals surface area contributed by atoms with Gasteiger partial charge in [0.1, 0.15) is 11.8 Å². The van der Waals surface area contributed by atoms with Crippen LogP contribution < -0.4 is 21.7 Å². The highest BCUT2D eigenvalue weighted by molar-refractivity contribution is 5.93. The summed E-state index contributed by atoms with van der Waals surface area (Å²) in [5.74, 6) is -1.26. The average molecular weight is 531 g/mol. The molecule has 11 heteroatoms. The molecule has 1 aromatic carbocycles. The number of phenolic OH excluding ortho intramolecular Hbond substituents is 1. The Balaban J connectivity index is 3.01. The monoisotopic (exact) mass is 530 g/mol. The van der Waals surface area contributed by atoms with Crippen LogP contribution in [-0.4, -0.2) is 66.6 Å². The van der Waals surface area contributed by atoms with E-state index in [2.05, 4.69) is 22.9 Å². The van der Waals surface area contributed by atoms with Gasteiger partial charge in [0, 0.05) is 32.1 Å². The molecule has 0 heterocycles. The molecule has 210 valence electrons. The van der Waals surface area contributed by atoms with E-state index in [1.807, 2.05) is 0 Å². The van der Waals surface area contributed by atoms with Gasteiger partial charge in [0.2, 0.25) is 11.8 Å². The summed E-state index contributed by atoms with van der Waals surface area (Å²) in [7, 11) is 2.84. The number of hydrogen-bond acceptors (Lipinski definition) is 6. The molecule has 0 saturated heterocycles. The Hall–Kier alpha value is -3.86. The number of carbonyl (C=O) groups is 3. The summed E-state index contributed by atoms with van der Waals surface area (Å²) < 4.78 is 0. The molecule has 1 aromatic rings. The van der Waals surface area contributed by atoms with Crippen molar-refractivity contribution in [2.75, 3.05) is 20.7 Å². The number of hydroxylamine groups is 2. The molecule has 0 aromatic heterocycles. The van der Waals surface area contributed by atoms with Gasteiger partial charge in [0.15, 0.2) is 5.96 Å². The van der Waals surface area contributed by atoms with Gasteiger partial charge in [-0.1, -0.05) is 44.1 Å². The van der Waals surface area contributed by atoms with E-state index in [1.54, 1.807) is 24.3 Å². The van der Waals surface area contributed by atoms with Crippen molar-refractivity contribution < 1.29 is 24.3 Å². The molecule has 0 radical (unpaired) electrons. The van der Waals surface area contributed by atoms with E-state index < -0.39 is 23.9 Å². The van der Waals surface area contributed by atoms with E-state index in [4.69, 9.17) is 16.0 Å². The summed E-state index contributed by atoms with van der Waals surface area (Å²) in [4.78, 5) is 43.0. The maximum absolute atomic E-state index is 13.3. The van der Waals surface area contributed by atoms with Gasteiger partial charge in [-0.2, -0.15) is 0 Å². The van der Waals surface area contributed by atoms with Crippen molar-refractivity contribution in [3.63, 3.8) is 0 Å². The van der Waals surface area contributed by atoms with E-state index in [9.17, 15) is 19.5 Å². The Bertz CT molecular complexity index is 948. The van der Waals surface area contributed by atoms with Crippen molar-refractivity contribution in [2.24, 2.45) is 5.73 Å². The molecular formula is C27H42N6O5. The van der Waals surface area contributed by atoms with Crippen LogP contribution in [0.2, 0.25) is 0 Å². The molecule has 11 nitrogen and oxygen atoms in total. The van der Waals surface area contributed by atoms with E-state index in [1.165, 1.54) is 38.4 Å². The lowest BCUT2D eigenvalue weighted by atomic mass is 10.0. The molecule has 0 fully saturated rings. The number of allylic oxidation sites excluding steroid dienone is 1. The zero-order valence-corrected chi connectivity index (χ0v) is 22.5. The number of rotatable bonds is 17. The summed E-state index contributed by atoms with van der Waals surface area (Å²) in [5.41, 5.74) is 6.08. The molecular weight excluding hydrogens is 488 g/mol. The molecule has 0 saturated carbocycles. The molecule has 0 spiro atoms. The van der Waals surface area contributed by atoms with Crippen LogP contribution >= 0.6 is 0 Å². The average Bonchev–Trinajstić information content (AvgIpc) is 2.89. The normalized spacial score (nSPS) is 12.7. The van der Waals surface area contributed by atoms with Gasteiger partial charge in [-0.3, -0.25) is 24.6 Å². The minimum atomic E-state index is -0.893. The highest BCUT2D eigenvalue weighted by Gasteiger charge is 2.23. The first-order valence-electron chi connectivity index (χ1n) is 12.8.